The largest absolute Gasteiger partial charge is 0.341 e. The van der Waals surface area contributed by atoms with Crippen molar-refractivity contribution in [2.45, 2.75) is 18.9 Å². The molecule has 3 rings (SSSR count). The highest BCUT2D eigenvalue weighted by molar-refractivity contribution is 9.10. The molecule has 2 saturated heterocycles. The van der Waals surface area contributed by atoms with Gasteiger partial charge in [-0.3, -0.25) is 9.59 Å². The van der Waals surface area contributed by atoms with E-state index >= 15 is 0 Å². The van der Waals surface area contributed by atoms with Crippen molar-refractivity contribution >= 4 is 45.8 Å². The number of anilines is 1. The summed E-state index contributed by atoms with van der Waals surface area (Å²) in [5.74, 6) is -0.680. The molecule has 2 atom stereocenters. The molecule has 2 heterocycles. The van der Waals surface area contributed by atoms with Gasteiger partial charge in [-0.05, 0) is 47.4 Å². The minimum absolute atomic E-state index is 0. The van der Waals surface area contributed by atoms with E-state index in [1.165, 1.54) is 0 Å². The van der Waals surface area contributed by atoms with Gasteiger partial charge in [0.2, 0.25) is 11.8 Å². The fourth-order valence-corrected chi connectivity index (χ4v) is 3.71. The highest BCUT2D eigenvalue weighted by atomic mass is 79.9. The Hall–Kier alpha value is -1.11. The number of hydrogen-bond acceptors (Lipinski definition) is 3. The van der Waals surface area contributed by atoms with Crippen LogP contribution in [0.25, 0.3) is 0 Å². The summed E-state index contributed by atoms with van der Waals surface area (Å²) >= 11 is 3.48. The van der Waals surface area contributed by atoms with Crippen LogP contribution >= 0.6 is 28.3 Å². The summed E-state index contributed by atoms with van der Waals surface area (Å²) in [7, 11) is 1.81. The molecule has 0 bridgehead atoms. The number of hydrogen-bond donors (Lipinski definition) is 1. The van der Waals surface area contributed by atoms with E-state index in [0.29, 0.717) is 13.0 Å². The fourth-order valence-electron chi connectivity index (χ4n) is 3.21. The van der Waals surface area contributed by atoms with Gasteiger partial charge in [0.25, 0.3) is 0 Å². The maximum Gasteiger partial charge on any atom is 0.239 e. The van der Waals surface area contributed by atoms with E-state index in [1.54, 1.807) is 9.80 Å². The zero-order valence-electron chi connectivity index (χ0n) is 13.0. The first-order valence-electron chi connectivity index (χ1n) is 7.63. The van der Waals surface area contributed by atoms with Gasteiger partial charge in [0.1, 0.15) is 5.92 Å². The van der Waals surface area contributed by atoms with Crippen molar-refractivity contribution in [1.82, 2.24) is 10.2 Å². The lowest BCUT2D eigenvalue weighted by Crippen LogP contribution is -2.44. The second-order valence-corrected chi connectivity index (χ2v) is 6.73. The highest BCUT2D eigenvalue weighted by Crippen LogP contribution is 2.32. The van der Waals surface area contributed by atoms with Gasteiger partial charge in [0.05, 0.1) is 5.69 Å². The maximum atomic E-state index is 12.7. The van der Waals surface area contributed by atoms with E-state index in [4.69, 9.17) is 0 Å². The fraction of sp³-hybridized carbons (Fsp3) is 0.500. The maximum absolute atomic E-state index is 12.7. The standard InChI is InChI=1S/C16H20BrN3O2.ClH/c1-19(11-6-8-18-10-11)15(21)12-7-9-20(16(12)22)14-5-3-2-4-13(14)17;/h2-5,11-12,18H,6-10H2,1H3;1H. The Bertz CT molecular complexity index is 592. The van der Waals surface area contributed by atoms with Gasteiger partial charge in [0.15, 0.2) is 0 Å². The number of nitrogens with one attached hydrogen (secondary N) is 1. The van der Waals surface area contributed by atoms with Crippen LogP contribution < -0.4 is 10.2 Å². The minimum Gasteiger partial charge on any atom is -0.341 e. The lowest BCUT2D eigenvalue weighted by Gasteiger charge is -2.26. The molecular weight excluding hydrogens is 382 g/mol. The Morgan fingerprint density at radius 1 is 1.35 bits per heavy atom. The summed E-state index contributed by atoms with van der Waals surface area (Å²) in [5.41, 5.74) is 0.841. The van der Waals surface area contributed by atoms with Crippen LogP contribution in [-0.4, -0.2) is 49.4 Å². The van der Waals surface area contributed by atoms with Crippen molar-refractivity contribution < 1.29 is 9.59 Å². The van der Waals surface area contributed by atoms with Crippen LogP contribution in [0.2, 0.25) is 0 Å². The second-order valence-electron chi connectivity index (χ2n) is 5.88. The number of rotatable bonds is 3. The molecule has 2 fully saturated rings. The summed E-state index contributed by atoms with van der Waals surface area (Å²) in [5, 5.41) is 3.26. The molecular formula is C16H21BrClN3O2. The van der Waals surface area contributed by atoms with Gasteiger partial charge >= 0.3 is 0 Å². The van der Waals surface area contributed by atoms with Crippen molar-refractivity contribution in [3.63, 3.8) is 0 Å². The zero-order chi connectivity index (χ0) is 15.7. The van der Waals surface area contributed by atoms with Crippen LogP contribution in [0.5, 0.6) is 0 Å². The van der Waals surface area contributed by atoms with Crippen molar-refractivity contribution in [1.29, 1.82) is 0 Å². The van der Waals surface area contributed by atoms with E-state index in [0.717, 1.165) is 29.7 Å². The number of carbonyl (C=O) groups is 2. The normalized spacial score (nSPS) is 23.7. The number of benzene rings is 1. The lowest BCUT2D eigenvalue weighted by molar-refractivity contribution is -0.140. The average molecular weight is 403 g/mol. The van der Waals surface area contributed by atoms with E-state index in [-0.39, 0.29) is 30.3 Å². The molecule has 2 aliphatic heterocycles. The minimum atomic E-state index is -0.544. The summed E-state index contributed by atoms with van der Waals surface area (Å²) in [6, 6.07) is 7.84. The number of likely N-dealkylation sites (N-methyl/N-ethyl adjacent to an activating group) is 1. The molecule has 0 spiro atoms. The monoisotopic (exact) mass is 401 g/mol. The van der Waals surface area contributed by atoms with Gasteiger partial charge in [-0.15, -0.1) is 12.4 Å². The van der Waals surface area contributed by atoms with Crippen LogP contribution in [0, 0.1) is 5.92 Å². The Morgan fingerprint density at radius 3 is 2.74 bits per heavy atom. The summed E-state index contributed by atoms with van der Waals surface area (Å²) in [6.45, 7) is 2.34. The van der Waals surface area contributed by atoms with Gasteiger partial charge in [-0.1, -0.05) is 12.1 Å². The van der Waals surface area contributed by atoms with Crippen molar-refractivity contribution in [3.8, 4) is 0 Å². The predicted octanol–water partition coefficient (Wildman–Crippen LogP) is 2.04. The second kappa shape index (κ2) is 7.64. The molecule has 0 aromatic heterocycles. The molecule has 5 nitrogen and oxygen atoms in total. The topological polar surface area (TPSA) is 52.7 Å². The number of carbonyl (C=O) groups excluding carboxylic acids is 2. The number of nitrogens with zero attached hydrogens (tertiary/aromatic N) is 2. The number of amides is 2. The third-order valence-electron chi connectivity index (χ3n) is 4.58. The molecule has 126 valence electrons. The summed E-state index contributed by atoms with van der Waals surface area (Å²) in [6.07, 6.45) is 1.54. The van der Waals surface area contributed by atoms with Crippen LogP contribution in [0.15, 0.2) is 28.7 Å². The third kappa shape index (κ3) is 3.54. The Kier molecular flexibility index (Phi) is 6.06. The van der Waals surface area contributed by atoms with Crippen LogP contribution in [0.4, 0.5) is 5.69 Å². The van der Waals surface area contributed by atoms with Gasteiger partial charge in [0, 0.05) is 30.7 Å². The van der Waals surface area contributed by atoms with Crippen molar-refractivity contribution in [2.75, 3.05) is 31.6 Å². The van der Waals surface area contributed by atoms with Gasteiger partial charge < -0.3 is 15.1 Å². The van der Waals surface area contributed by atoms with Crippen molar-refractivity contribution in [3.05, 3.63) is 28.7 Å². The molecule has 7 heteroatoms. The predicted molar refractivity (Wildman–Crippen MR) is 95.9 cm³/mol. The third-order valence-corrected chi connectivity index (χ3v) is 5.25. The van der Waals surface area contributed by atoms with Crippen LogP contribution in [0.3, 0.4) is 0 Å². The van der Waals surface area contributed by atoms with E-state index < -0.39 is 5.92 Å². The highest BCUT2D eigenvalue weighted by Gasteiger charge is 2.40. The van der Waals surface area contributed by atoms with E-state index in [9.17, 15) is 9.59 Å². The molecule has 1 N–H and O–H groups in total. The first-order chi connectivity index (χ1) is 10.6. The molecule has 1 aromatic rings. The first-order valence-corrected chi connectivity index (χ1v) is 8.42. The average Bonchev–Trinajstić information content (AvgIpc) is 3.16. The number of halogens is 2. The van der Waals surface area contributed by atoms with Gasteiger partial charge in [-0.25, -0.2) is 0 Å². The first kappa shape index (κ1) is 18.2. The molecule has 1 aromatic carbocycles. The molecule has 2 unspecified atom stereocenters. The number of para-hydroxylation sites is 1. The molecule has 0 saturated carbocycles. The zero-order valence-corrected chi connectivity index (χ0v) is 15.4. The Balaban J connectivity index is 0.00000192. The molecule has 2 amide bonds. The van der Waals surface area contributed by atoms with Crippen molar-refractivity contribution in [2.24, 2.45) is 5.92 Å². The van der Waals surface area contributed by atoms with E-state index in [2.05, 4.69) is 21.2 Å². The quantitative estimate of drug-likeness (QED) is 0.787. The molecule has 0 aliphatic carbocycles. The lowest BCUT2D eigenvalue weighted by atomic mass is 10.1. The smallest absolute Gasteiger partial charge is 0.239 e. The summed E-state index contributed by atoms with van der Waals surface area (Å²) < 4.78 is 0.879. The van der Waals surface area contributed by atoms with E-state index in [1.807, 2.05) is 31.3 Å². The van der Waals surface area contributed by atoms with Crippen LogP contribution in [-0.2, 0) is 9.59 Å². The Morgan fingerprint density at radius 2 is 2.09 bits per heavy atom. The molecule has 23 heavy (non-hydrogen) atoms. The SMILES string of the molecule is CN(C(=O)C1CCN(c2ccccc2Br)C1=O)C1CCNC1.Cl. The molecule has 2 aliphatic rings. The van der Waals surface area contributed by atoms with Gasteiger partial charge in [-0.2, -0.15) is 0 Å². The Labute approximate surface area is 150 Å². The molecule has 0 radical (unpaired) electrons. The van der Waals surface area contributed by atoms with Crippen LogP contribution in [0.1, 0.15) is 12.8 Å². The summed E-state index contributed by atoms with van der Waals surface area (Å²) in [4.78, 5) is 28.8.